The number of thiazole rings is 1. The molecule has 56 heavy (non-hydrogen) atoms. The first-order valence-corrected chi connectivity index (χ1v) is 19.5. The maximum Gasteiger partial charge on any atom is 0.410 e. The second kappa shape index (κ2) is 18.1. The molecule has 9 nitrogen and oxygen atoms in total. The van der Waals surface area contributed by atoms with Crippen molar-refractivity contribution in [1.29, 1.82) is 0 Å². The summed E-state index contributed by atoms with van der Waals surface area (Å²) < 4.78 is 46.5. The van der Waals surface area contributed by atoms with Crippen molar-refractivity contribution in [2.45, 2.75) is 91.0 Å². The van der Waals surface area contributed by atoms with Crippen LogP contribution >= 0.6 is 11.3 Å². The van der Waals surface area contributed by atoms with E-state index >= 15 is 4.39 Å². The molecule has 2 aromatic carbocycles. The summed E-state index contributed by atoms with van der Waals surface area (Å²) >= 11 is 1.50. The van der Waals surface area contributed by atoms with Crippen LogP contribution in [-0.2, 0) is 30.4 Å². The highest BCUT2D eigenvalue weighted by Crippen LogP contribution is 2.42. The van der Waals surface area contributed by atoms with Crippen LogP contribution in [0.4, 0.5) is 13.6 Å². The smallest absolute Gasteiger partial charge is 0.410 e. The van der Waals surface area contributed by atoms with Crippen molar-refractivity contribution in [3.63, 3.8) is 0 Å². The molecule has 1 aliphatic carbocycles. The molecule has 0 bridgehead atoms. The normalized spacial score (nSPS) is 16.0. The van der Waals surface area contributed by atoms with Crippen molar-refractivity contribution in [1.82, 2.24) is 14.9 Å². The van der Waals surface area contributed by atoms with Crippen LogP contribution in [0.15, 0.2) is 90.0 Å². The molecule has 0 saturated heterocycles. The van der Waals surface area contributed by atoms with E-state index in [2.05, 4.69) is 4.98 Å². The van der Waals surface area contributed by atoms with Crippen LogP contribution in [0.25, 0.3) is 11.3 Å². The number of nitrogens with zero attached hydrogens (tertiary/aromatic N) is 3. The molecule has 2 heterocycles. The number of allylic oxidation sites excluding steroid dienone is 2. The number of carbonyl (C=O) groups excluding carboxylic acids is 3. The Bertz CT molecular complexity index is 2090. The number of aryl methyl sites for hydroxylation is 1. The number of hydrogen-bond donors (Lipinski definition) is 0. The predicted octanol–water partition coefficient (Wildman–Crippen LogP) is 9.83. The van der Waals surface area contributed by atoms with E-state index in [0.717, 1.165) is 38.4 Å². The van der Waals surface area contributed by atoms with Crippen LogP contribution in [0.1, 0.15) is 93.1 Å². The van der Waals surface area contributed by atoms with Gasteiger partial charge in [-0.15, -0.1) is 11.3 Å². The van der Waals surface area contributed by atoms with Gasteiger partial charge in [0.2, 0.25) is 0 Å². The lowest BCUT2D eigenvalue weighted by molar-refractivity contribution is -0.148. The van der Waals surface area contributed by atoms with E-state index in [1.54, 1.807) is 52.9 Å². The molecule has 0 aliphatic heterocycles. The minimum atomic E-state index is -0.789. The third kappa shape index (κ3) is 11.0. The van der Waals surface area contributed by atoms with Crippen molar-refractivity contribution < 1.29 is 37.4 Å². The van der Waals surface area contributed by atoms with E-state index in [9.17, 15) is 18.8 Å². The lowest BCUT2D eigenvalue weighted by Gasteiger charge is -2.25. The Morgan fingerprint density at radius 2 is 1.75 bits per heavy atom. The minimum Gasteiger partial charge on any atom is -0.459 e. The molecule has 1 amide bonds. The predicted molar refractivity (Wildman–Crippen MR) is 212 cm³/mol. The maximum atomic E-state index is 15.4. The number of halogens is 2. The first-order chi connectivity index (χ1) is 26.5. The number of likely N-dealkylation sites (N-methyl/N-ethyl adjacent to an activating group) is 1. The summed E-state index contributed by atoms with van der Waals surface area (Å²) in [7, 11) is 1.44. The zero-order chi connectivity index (χ0) is 40.7. The lowest BCUT2D eigenvalue weighted by atomic mass is 9.80. The zero-order valence-electron chi connectivity index (χ0n) is 33.0. The monoisotopic (exact) mass is 785 g/mol. The Kier molecular flexibility index (Phi) is 13.6. The summed E-state index contributed by atoms with van der Waals surface area (Å²) in [6.07, 6.45) is 6.64. The van der Waals surface area contributed by atoms with Crippen molar-refractivity contribution in [2.75, 3.05) is 13.6 Å². The summed E-state index contributed by atoms with van der Waals surface area (Å²) in [5, 5.41) is 2.82. The maximum absolute atomic E-state index is 15.4. The first kappa shape index (κ1) is 41.9. The molecule has 0 N–H and O–H groups in total. The number of rotatable bonds is 14. The average molecular weight is 786 g/mol. The second-order valence-corrected chi connectivity index (χ2v) is 16.2. The van der Waals surface area contributed by atoms with Crippen LogP contribution in [-0.4, -0.2) is 58.2 Å². The average Bonchev–Trinajstić information content (AvgIpc) is 3.84. The van der Waals surface area contributed by atoms with Crippen molar-refractivity contribution in [3.05, 3.63) is 129 Å². The number of hydrogen-bond acceptors (Lipinski definition) is 9. The van der Waals surface area contributed by atoms with Crippen LogP contribution in [0.5, 0.6) is 0 Å². The molecule has 1 aliphatic rings. The summed E-state index contributed by atoms with van der Waals surface area (Å²) in [5.74, 6) is -3.71. The van der Waals surface area contributed by atoms with E-state index in [-0.39, 0.29) is 25.0 Å². The summed E-state index contributed by atoms with van der Waals surface area (Å²) in [6, 6.07) is 15.1. The molecular weight excluding hydrogens is 737 g/mol. The number of aromatic nitrogens is 2. The fourth-order valence-corrected chi connectivity index (χ4v) is 7.40. The number of pyridine rings is 1. The molecular formula is C44H49F2N3O6S. The molecule has 12 heteroatoms. The van der Waals surface area contributed by atoms with E-state index in [1.165, 1.54) is 30.5 Å². The van der Waals surface area contributed by atoms with E-state index in [1.807, 2.05) is 61.7 Å². The first-order valence-electron chi connectivity index (χ1n) is 18.6. The largest absolute Gasteiger partial charge is 0.459 e. The van der Waals surface area contributed by atoms with Gasteiger partial charge in [-0.3, -0.25) is 14.6 Å². The Morgan fingerprint density at radius 3 is 2.46 bits per heavy atom. The minimum absolute atomic E-state index is 0.137. The third-order valence-electron chi connectivity index (χ3n) is 9.60. The lowest BCUT2D eigenvalue weighted by Crippen LogP contribution is -2.37. The Balaban J connectivity index is 1.23. The number of carbonyl (C=O) groups is 3. The van der Waals surface area contributed by atoms with Gasteiger partial charge in [-0.25, -0.2) is 18.6 Å². The molecule has 0 radical (unpaired) electrons. The molecule has 4 aromatic rings. The fourth-order valence-electron chi connectivity index (χ4n) is 6.45. The molecule has 5 rings (SSSR count). The summed E-state index contributed by atoms with van der Waals surface area (Å²) in [4.78, 5) is 48.7. The van der Waals surface area contributed by atoms with Crippen molar-refractivity contribution >= 4 is 29.4 Å². The van der Waals surface area contributed by atoms with Crippen LogP contribution < -0.4 is 0 Å². The fraction of sp³-hybridized carbons (Fsp3) is 0.386. The number of benzene rings is 2. The van der Waals surface area contributed by atoms with Gasteiger partial charge in [-0.2, -0.15) is 0 Å². The van der Waals surface area contributed by atoms with Gasteiger partial charge in [0.1, 0.15) is 36.5 Å². The van der Waals surface area contributed by atoms with Gasteiger partial charge in [0.05, 0.1) is 22.3 Å². The van der Waals surface area contributed by atoms with E-state index in [4.69, 9.17) is 19.2 Å². The highest BCUT2D eigenvalue weighted by atomic mass is 32.1. The van der Waals surface area contributed by atoms with Gasteiger partial charge in [-0.05, 0) is 95.2 Å². The zero-order valence-corrected chi connectivity index (χ0v) is 33.9. The SMILES string of the molecule is Cc1ccc(-c2csc([C@H](C)C(CC3C=CC(C(C)OC(=O)C(C)c4ncccc4COC(=O)CN(C)C(=O)OC(C)(C)C)=C3)c3cc(F)ccc3F)n2)cc1. The van der Waals surface area contributed by atoms with Gasteiger partial charge < -0.3 is 19.1 Å². The number of esters is 2. The van der Waals surface area contributed by atoms with Gasteiger partial charge in [0, 0.05) is 35.7 Å². The van der Waals surface area contributed by atoms with Crippen molar-refractivity contribution in [2.24, 2.45) is 5.92 Å². The number of ether oxygens (including phenoxy) is 3. The standard InChI is InChI=1S/C44H49F2N3O6S/c1-26-11-14-31(15-12-26)38-25-56-41(48-38)27(2)35(36-22-34(45)17-18-37(36)46)21-30-13-16-32(20-30)29(4)54-42(51)28(3)40-33(10-9-19-47-40)24-53-39(50)23-49(8)43(52)55-44(5,6)7/h9-20,22,25,27-30,35H,21,23-24H2,1-8H3/t27-,28?,29?,30?,35?/m1/s1. The molecule has 2 aromatic heterocycles. The summed E-state index contributed by atoms with van der Waals surface area (Å²) in [5.41, 5.74) is 4.26. The molecule has 0 spiro atoms. The third-order valence-corrected chi connectivity index (χ3v) is 10.6. The van der Waals surface area contributed by atoms with Gasteiger partial charge in [-0.1, -0.05) is 61.0 Å². The highest BCUT2D eigenvalue weighted by molar-refractivity contribution is 7.10. The summed E-state index contributed by atoms with van der Waals surface area (Å²) in [6.45, 7) is 12.2. The molecule has 4 unspecified atom stereocenters. The number of amides is 1. The van der Waals surface area contributed by atoms with Crippen LogP contribution in [0.2, 0.25) is 0 Å². The van der Waals surface area contributed by atoms with E-state index < -0.39 is 53.2 Å². The quantitative estimate of drug-likeness (QED) is 0.0919. The Labute approximate surface area is 331 Å². The van der Waals surface area contributed by atoms with Gasteiger partial charge in [0.25, 0.3) is 0 Å². The van der Waals surface area contributed by atoms with E-state index in [0.29, 0.717) is 23.2 Å². The van der Waals surface area contributed by atoms with Gasteiger partial charge in [0.15, 0.2) is 0 Å². The molecule has 5 atom stereocenters. The van der Waals surface area contributed by atoms with Gasteiger partial charge >= 0.3 is 18.0 Å². The highest BCUT2D eigenvalue weighted by Gasteiger charge is 2.31. The van der Waals surface area contributed by atoms with Crippen molar-refractivity contribution in [3.8, 4) is 11.3 Å². The van der Waals surface area contributed by atoms with Crippen LogP contribution in [0.3, 0.4) is 0 Å². The molecule has 0 fully saturated rings. The topological polar surface area (TPSA) is 108 Å². The molecule has 0 saturated carbocycles. The second-order valence-electron chi connectivity index (χ2n) is 15.3. The Hall–Kier alpha value is -5.23. The molecule has 296 valence electrons. The Morgan fingerprint density at radius 1 is 1.02 bits per heavy atom. The van der Waals surface area contributed by atoms with Crippen LogP contribution in [0, 0.1) is 24.5 Å².